The highest BCUT2D eigenvalue weighted by Gasteiger charge is 2.51. The highest BCUT2D eigenvalue weighted by Crippen LogP contribution is 2.59. The van der Waals surface area contributed by atoms with Crippen molar-refractivity contribution in [3.05, 3.63) is 44.8 Å². The largest absolute Gasteiger partial charge is 0.0806 e. The van der Waals surface area contributed by atoms with E-state index < -0.39 is 24.2 Å². The van der Waals surface area contributed by atoms with Crippen molar-refractivity contribution in [2.24, 2.45) is 0 Å². The van der Waals surface area contributed by atoms with Crippen LogP contribution in [0.5, 0.6) is 0 Å². The summed E-state index contributed by atoms with van der Waals surface area (Å²) in [5.74, 6) is 0. The molecular weight excluding hydrogens is 373 g/mol. The molecule has 0 nitrogen and oxygen atoms in total. The molecule has 0 radical (unpaired) electrons. The zero-order chi connectivity index (χ0) is 19.8. The lowest BCUT2D eigenvalue weighted by molar-refractivity contribution is 0.803. The Balaban J connectivity index is 1.79. The molecule has 148 valence electrons. The fraction of sp³-hybridized carbons (Fsp3) is 0.667. The van der Waals surface area contributed by atoms with Gasteiger partial charge in [0.2, 0.25) is 0 Å². The van der Waals surface area contributed by atoms with Gasteiger partial charge in [-0.2, -0.15) is 0 Å². The van der Waals surface area contributed by atoms with Crippen LogP contribution in [0.2, 0.25) is 62.5 Å². The van der Waals surface area contributed by atoms with E-state index in [9.17, 15) is 0 Å². The molecule has 0 bridgehead atoms. The lowest BCUT2D eigenvalue weighted by atomic mass is 10.1. The topological polar surface area (TPSA) is 0 Å². The Labute approximate surface area is 170 Å². The quantitative estimate of drug-likeness (QED) is 0.402. The third kappa shape index (κ3) is 2.95. The zero-order valence-corrected chi connectivity index (χ0v) is 22.1. The molecule has 2 heterocycles. The van der Waals surface area contributed by atoms with E-state index in [0.717, 1.165) is 11.1 Å². The molecule has 4 rings (SSSR count). The van der Waals surface area contributed by atoms with E-state index >= 15 is 0 Å². The molecule has 0 aromatic heterocycles. The molecule has 2 aliphatic heterocycles. The average Bonchev–Trinajstić information content (AvgIpc) is 3.06. The highest BCUT2D eigenvalue weighted by atomic mass is 28.3. The molecule has 0 fully saturated rings. The van der Waals surface area contributed by atoms with Gasteiger partial charge in [0.15, 0.2) is 0 Å². The van der Waals surface area contributed by atoms with E-state index in [2.05, 4.69) is 65.3 Å². The molecule has 0 spiro atoms. The SMILES string of the molecule is CC1=CC2=C(CCC[Si]2(C)C)C1[Si](C)(C)C1C(C)=CC2=C1CCC[Si]2(C)C. The summed E-state index contributed by atoms with van der Waals surface area (Å²) in [5, 5.41) is 3.73. The molecule has 0 amide bonds. The first-order chi connectivity index (χ1) is 12.5. The van der Waals surface area contributed by atoms with E-state index in [-0.39, 0.29) is 0 Å². The minimum Gasteiger partial charge on any atom is -0.0690 e. The van der Waals surface area contributed by atoms with Gasteiger partial charge in [0.25, 0.3) is 0 Å². The second-order valence-electron chi connectivity index (χ2n) is 11.8. The van der Waals surface area contributed by atoms with Gasteiger partial charge in [0.05, 0.1) is 24.2 Å². The van der Waals surface area contributed by atoms with Crippen molar-refractivity contribution in [3.63, 3.8) is 0 Å². The van der Waals surface area contributed by atoms with E-state index in [0.29, 0.717) is 0 Å². The maximum absolute atomic E-state index is 2.75. The van der Waals surface area contributed by atoms with Crippen LogP contribution in [-0.4, -0.2) is 24.2 Å². The molecule has 2 aliphatic carbocycles. The predicted octanol–water partition coefficient (Wildman–Crippen LogP) is 8.03. The van der Waals surface area contributed by atoms with Crippen molar-refractivity contribution in [1.82, 2.24) is 0 Å². The summed E-state index contributed by atoms with van der Waals surface area (Å²) < 4.78 is 0. The second-order valence-corrected chi connectivity index (χ2v) is 26.2. The minimum absolute atomic E-state index is 0.812. The first kappa shape index (κ1) is 19.9. The van der Waals surface area contributed by atoms with Crippen LogP contribution in [-0.2, 0) is 0 Å². The normalized spacial score (nSPS) is 32.3. The third-order valence-corrected chi connectivity index (χ3v) is 20.1. The smallest absolute Gasteiger partial charge is 0.0690 e. The average molecular weight is 413 g/mol. The summed E-state index contributed by atoms with van der Waals surface area (Å²) >= 11 is 0. The van der Waals surface area contributed by atoms with Crippen molar-refractivity contribution in [1.29, 1.82) is 0 Å². The lowest BCUT2D eigenvalue weighted by Crippen LogP contribution is -2.42. The van der Waals surface area contributed by atoms with Crippen LogP contribution in [0.15, 0.2) is 44.8 Å². The number of hydrogen-bond donors (Lipinski definition) is 0. The van der Waals surface area contributed by atoms with E-state index in [1.54, 1.807) is 11.1 Å². The third-order valence-electron chi connectivity index (χ3n) is 8.49. The van der Waals surface area contributed by atoms with Gasteiger partial charge >= 0.3 is 0 Å². The lowest BCUT2D eigenvalue weighted by Gasteiger charge is -2.43. The maximum Gasteiger partial charge on any atom is 0.0806 e. The van der Waals surface area contributed by atoms with Gasteiger partial charge in [-0.15, -0.1) is 0 Å². The van der Waals surface area contributed by atoms with Crippen LogP contribution in [0.4, 0.5) is 0 Å². The predicted molar refractivity (Wildman–Crippen MR) is 130 cm³/mol. The standard InChI is InChI=1S/C24H40Si3/c1-17-15-21-19(11-9-13-25(21,3)4)23(17)27(7,8)24-18(2)16-22-20(24)12-10-14-26(22,5)6/h15-16,23-24H,9-14H2,1-8H3. The second kappa shape index (κ2) is 6.30. The molecule has 0 N–H and O–H groups in total. The van der Waals surface area contributed by atoms with Crippen LogP contribution < -0.4 is 0 Å². The summed E-state index contributed by atoms with van der Waals surface area (Å²) in [7, 11) is -3.90. The molecule has 0 saturated carbocycles. The Morgan fingerprint density at radius 3 is 1.48 bits per heavy atom. The zero-order valence-electron chi connectivity index (χ0n) is 19.1. The van der Waals surface area contributed by atoms with Crippen molar-refractivity contribution in [3.8, 4) is 0 Å². The Kier molecular flexibility index (Phi) is 4.65. The fourth-order valence-electron chi connectivity index (χ4n) is 7.44. The minimum atomic E-state index is -1.51. The summed E-state index contributed by atoms with van der Waals surface area (Å²) in [6.07, 6.45) is 11.1. The van der Waals surface area contributed by atoms with Crippen molar-refractivity contribution in [2.45, 2.75) is 102 Å². The summed E-state index contributed by atoms with van der Waals surface area (Å²) in [6, 6.07) is 3.00. The van der Waals surface area contributed by atoms with Gasteiger partial charge in [-0.1, -0.05) is 109 Å². The van der Waals surface area contributed by atoms with E-state index in [1.165, 1.54) is 37.8 Å². The molecule has 3 heteroatoms. The van der Waals surface area contributed by atoms with Crippen molar-refractivity contribution >= 4 is 24.2 Å². The molecular formula is C24H40Si3. The molecule has 2 unspecified atom stereocenters. The summed E-state index contributed by atoms with van der Waals surface area (Å²) in [6.45, 7) is 20.9. The first-order valence-corrected chi connectivity index (χ1v) is 20.9. The molecule has 2 atom stereocenters. The Bertz CT molecular complexity index is 735. The Morgan fingerprint density at radius 1 is 0.741 bits per heavy atom. The van der Waals surface area contributed by atoms with Crippen molar-refractivity contribution < 1.29 is 0 Å². The summed E-state index contributed by atoms with van der Waals surface area (Å²) in [4.78, 5) is 0. The van der Waals surface area contributed by atoms with Gasteiger partial charge in [-0.3, -0.25) is 0 Å². The van der Waals surface area contributed by atoms with E-state index in [1.807, 2.05) is 21.5 Å². The van der Waals surface area contributed by atoms with Gasteiger partial charge in [-0.25, -0.2) is 0 Å². The van der Waals surface area contributed by atoms with Crippen LogP contribution in [0.25, 0.3) is 0 Å². The number of hydrogen-bond acceptors (Lipinski definition) is 0. The maximum atomic E-state index is 2.75. The monoisotopic (exact) mass is 412 g/mol. The molecule has 0 aromatic rings. The van der Waals surface area contributed by atoms with Crippen LogP contribution in [0.1, 0.15) is 39.5 Å². The number of allylic oxidation sites excluding steroid dienone is 8. The van der Waals surface area contributed by atoms with Crippen LogP contribution >= 0.6 is 0 Å². The molecule has 0 saturated heterocycles. The molecule has 27 heavy (non-hydrogen) atoms. The van der Waals surface area contributed by atoms with Crippen molar-refractivity contribution in [2.75, 3.05) is 0 Å². The highest BCUT2D eigenvalue weighted by molar-refractivity contribution is 6.88. The van der Waals surface area contributed by atoms with Gasteiger partial charge < -0.3 is 0 Å². The van der Waals surface area contributed by atoms with Gasteiger partial charge in [0, 0.05) is 0 Å². The Morgan fingerprint density at radius 2 is 1.11 bits per heavy atom. The van der Waals surface area contributed by atoms with Crippen LogP contribution in [0.3, 0.4) is 0 Å². The fourth-order valence-corrected chi connectivity index (χ4v) is 19.1. The molecule has 0 aromatic carbocycles. The van der Waals surface area contributed by atoms with Gasteiger partial charge in [0.1, 0.15) is 0 Å². The molecule has 4 aliphatic rings. The van der Waals surface area contributed by atoms with Crippen LogP contribution in [0, 0.1) is 0 Å². The van der Waals surface area contributed by atoms with E-state index in [4.69, 9.17) is 0 Å². The van der Waals surface area contributed by atoms with Gasteiger partial charge in [-0.05, 0) is 37.8 Å². The Hall–Kier alpha value is -0.389. The number of rotatable bonds is 2. The summed E-state index contributed by atoms with van der Waals surface area (Å²) in [5.41, 5.74) is 8.92. The first-order valence-electron chi connectivity index (χ1n) is 11.3.